The minimum absolute atomic E-state index is 0.0597. The van der Waals surface area contributed by atoms with Gasteiger partial charge in [-0.05, 0) is 36.4 Å². The summed E-state index contributed by atoms with van der Waals surface area (Å²) in [5, 5.41) is 3.46. The molecular weight excluding hydrogens is 336 g/mol. The van der Waals surface area contributed by atoms with Gasteiger partial charge in [0.05, 0.1) is 22.8 Å². The summed E-state index contributed by atoms with van der Waals surface area (Å²) in [5.41, 5.74) is 4.58. The first-order valence-corrected chi connectivity index (χ1v) is 8.77. The Morgan fingerprint density at radius 3 is 2.37 bits per heavy atom. The van der Waals surface area contributed by atoms with Crippen molar-refractivity contribution < 1.29 is 4.79 Å². The van der Waals surface area contributed by atoms with Crippen molar-refractivity contribution in [2.45, 2.75) is 6.17 Å². The van der Waals surface area contributed by atoms with Crippen LogP contribution in [0.2, 0.25) is 0 Å². The number of nitrogens with zero attached hydrogens (tertiary/aromatic N) is 3. The van der Waals surface area contributed by atoms with Crippen LogP contribution in [-0.4, -0.2) is 15.9 Å². The summed E-state index contributed by atoms with van der Waals surface area (Å²) in [7, 11) is 0. The van der Waals surface area contributed by atoms with E-state index in [1.165, 1.54) is 0 Å². The summed E-state index contributed by atoms with van der Waals surface area (Å²) >= 11 is 0. The van der Waals surface area contributed by atoms with Gasteiger partial charge in [0.25, 0.3) is 5.91 Å². The number of hydrogen-bond acceptors (Lipinski definition) is 4. The highest BCUT2D eigenvalue weighted by Crippen LogP contribution is 2.35. The van der Waals surface area contributed by atoms with Crippen molar-refractivity contribution in [3.8, 4) is 0 Å². The Kier molecular flexibility index (Phi) is 3.57. The van der Waals surface area contributed by atoms with Crippen molar-refractivity contribution in [3.63, 3.8) is 0 Å². The summed E-state index contributed by atoms with van der Waals surface area (Å²) < 4.78 is 0. The molecule has 4 aromatic rings. The number of rotatable bonds is 2. The van der Waals surface area contributed by atoms with Crippen LogP contribution in [0.15, 0.2) is 85.1 Å². The van der Waals surface area contributed by atoms with Gasteiger partial charge in [-0.3, -0.25) is 14.7 Å². The molecule has 0 fully saturated rings. The molecule has 1 amide bonds. The highest BCUT2D eigenvalue weighted by atomic mass is 16.2. The van der Waals surface area contributed by atoms with Gasteiger partial charge >= 0.3 is 0 Å². The van der Waals surface area contributed by atoms with Crippen LogP contribution in [0.3, 0.4) is 0 Å². The number of carbonyl (C=O) groups excluding carboxylic acids is 1. The topological polar surface area (TPSA) is 58.1 Å². The van der Waals surface area contributed by atoms with Crippen molar-refractivity contribution in [1.29, 1.82) is 0 Å². The second-order valence-corrected chi connectivity index (χ2v) is 6.39. The van der Waals surface area contributed by atoms with Crippen molar-refractivity contribution in [1.82, 2.24) is 9.97 Å². The van der Waals surface area contributed by atoms with Crippen molar-refractivity contribution >= 4 is 28.3 Å². The van der Waals surface area contributed by atoms with Gasteiger partial charge in [0.2, 0.25) is 0 Å². The molecule has 0 saturated heterocycles. The van der Waals surface area contributed by atoms with Crippen LogP contribution >= 0.6 is 0 Å². The molecular formula is C22H16N4O. The van der Waals surface area contributed by atoms with Gasteiger partial charge in [-0.15, -0.1) is 0 Å². The molecule has 0 radical (unpaired) electrons. The molecule has 130 valence electrons. The summed E-state index contributed by atoms with van der Waals surface area (Å²) in [5.74, 6) is -0.0597. The van der Waals surface area contributed by atoms with E-state index >= 15 is 0 Å². The highest BCUT2D eigenvalue weighted by Gasteiger charge is 2.34. The minimum Gasteiger partial charge on any atom is -0.359 e. The number of anilines is 2. The number of para-hydroxylation sites is 4. The molecule has 0 saturated carbocycles. The van der Waals surface area contributed by atoms with E-state index in [2.05, 4.69) is 10.3 Å². The quantitative estimate of drug-likeness (QED) is 0.581. The molecule has 27 heavy (non-hydrogen) atoms. The van der Waals surface area contributed by atoms with Crippen molar-refractivity contribution in [2.24, 2.45) is 0 Å². The van der Waals surface area contributed by atoms with Gasteiger partial charge in [-0.1, -0.05) is 42.5 Å². The van der Waals surface area contributed by atoms with Gasteiger partial charge in [0, 0.05) is 11.4 Å². The molecule has 0 aliphatic carbocycles. The smallest absolute Gasteiger partial charge is 0.262 e. The molecule has 1 aliphatic heterocycles. The third-order valence-electron chi connectivity index (χ3n) is 4.71. The third-order valence-corrected chi connectivity index (χ3v) is 4.71. The summed E-state index contributed by atoms with van der Waals surface area (Å²) in [4.78, 5) is 24.3. The van der Waals surface area contributed by atoms with E-state index in [-0.39, 0.29) is 5.91 Å². The Hall–Kier alpha value is -3.73. The highest BCUT2D eigenvalue weighted by molar-refractivity contribution is 6.12. The van der Waals surface area contributed by atoms with Crippen LogP contribution in [0.1, 0.15) is 22.2 Å². The first-order chi connectivity index (χ1) is 13.3. The van der Waals surface area contributed by atoms with Crippen LogP contribution in [0, 0.1) is 0 Å². The zero-order chi connectivity index (χ0) is 18.2. The maximum Gasteiger partial charge on any atom is 0.262 e. The molecule has 5 rings (SSSR count). The summed E-state index contributed by atoms with van der Waals surface area (Å²) in [6, 6.07) is 24.9. The van der Waals surface area contributed by atoms with Gasteiger partial charge in [0.1, 0.15) is 5.69 Å². The lowest BCUT2D eigenvalue weighted by Gasteiger charge is -2.37. The SMILES string of the molecule is O=C1c2ccccc2NC(c2cnc3ccccc3n2)N1c1ccccc1. The lowest BCUT2D eigenvalue weighted by Crippen LogP contribution is -2.43. The zero-order valence-electron chi connectivity index (χ0n) is 14.4. The number of amides is 1. The molecule has 0 spiro atoms. The summed E-state index contributed by atoms with van der Waals surface area (Å²) in [6.45, 7) is 0. The molecule has 5 nitrogen and oxygen atoms in total. The maximum absolute atomic E-state index is 13.3. The number of nitrogens with one attached hydrogen (secondary N) is 1. The van der Waals surface area contributed by atoms with Crippen LogP contribution in [0.4, 0.5) is 11.4 Å². The van der Waals surface area contributed by atoms with E-state index < -0.39 is 6.17 Å². The summed E-state index contributed by atoms with van der Waals surface area (Å²) in [6.07, 6.45) is 1.30. The predicted molar refractivity (Wildman–Crippen MR) is 106 cm³/mol. The number of carbonyl (C=O) groups is 1. The Labute approximate surface area is 156 Å². The fourth-order valence-electron chi connectivity index (χ4n) is 3.42. The van der Waals surface area contributed by atoms with Crippen molar-refractivity contribution in [3.05, 3.63) is 96.3 Å². The molecule has 1 unspecified atom stereocenters. The molecule has 1 atom stereocenters. The first kappa shape index (κ1) is 15.5. The van der Waals surface area contributed by atoms with E-state index in [1.54, 1.807) is 11.1 Å². The standard InChI is InChI=1S/C22H16N4O/c27-22-16-10-4-5-11-17(16)25-21(26(22)15-8-2-1-3-9-15)20-14-23-18-12-6-7-13-19(18)24-20/h1-14,21,25H. The Morgan fingerprint density at radius 1 is 0.815 bits per heavy atom. The van der Waals surface area contributed by atoms with Crippen molar-refractivity contribution in [2.75, 3.05) is 10.2 Å². The molecule has 1 N–H and O–H groups in total. The third kappa shape index (κ3) is 2.60. The lowest BCUT2D eigenvalue weighted by atomic mass is 10.1. The zero-order valence-corrected chi connectivity index (χ0v) is 14.4. The molecule has 1 aromatic heterocycles. The molecule has 2 heterocycles. The average molecular weight is 352 g/mol. The fraction of sp³-hybridized carbons (Fsp3) is 0.0455. The van der Waals surface area contributed by atoms with Crippen LogP contribution in [0.25, 0.3) is 11.0 Å². The molecule has 1 aliphatic rings. The molecule has 0 bridgehead atoms. The predicted octanol–water partition coefficient (Wildman–Crippen LogP) is 4.40. The minimum atomic E-state index is -0.438. The first-order valence-electron chi connectivity index (χ1n) is 8.77. The van der Waals surface area contributed by atoms with Gasteiger partial charge in [-0.25, -0.2) is 4.98 Å². The van der Waals surface area contributed by atoms with E-state index in [1.807, 2.05) is 78.9 Å². The van der Waals surface area contributed by atoms with E-state index in [0.717, 1.165) is 22.4 Å². The van der Waals surface area contributed by atoms with Gasteiger partial charge in [-0.2, -0.15) is 0 Å². The van der Waals surface area contributed by atoms with Gasteiger partial charge in [0.15, 0.2) is 6.17 Å². The normalized spacial score (nSPS) is 16.1. The maximum atomic E-state index is 13.3. The second kappa shape index (κ2) is 6.21. The number of fused-ring (bicyclic) bond motifs is 2. The van der Waals surface area contributed by atoms with Gasteiger partial charge < -0.3 is 5.32 Å². The largest absolute Gasteiger partial charge is 0.359 e. The van der Waals surface area contributed by atoms with E-state index in [4.69, 9.17) is 4.98 Å². The monoisotopic (exact) mass is 352 g/mol. The van der Waals surface area contributed by atoms with Crippen LogP contribution in [-0.2, 0) is 0 Å². The number of hydrogen-bond donors (Lipinski definition) is 1. The van der Waals surface area contributed by atoms with Crippen LogP contribution in [0.5, 0.6) is 0 Å². The number of benzene rings is 3. The molecule has 3 aromatic carbocycles. The fourth-order valence-corrected chi connectivity index (χ4v) is 3.42. The second-order valence-electron chi connectivity index (χ2n) is 6.39. The Bertz CT molecular complexity index is 1140. The number of aromatic nitrogens is 2. The Morgan fingerprint density at radius 2 is 1.52 bits per heavy atom. The Balaban J connectivity index is 1.68. The average Bonchev–Trinajstić information content (AvgIpc) is 2.74. The van der Waals surface area contributed by atoms with E-state index in [0.29, 0.717) is 11.3 Å². The van der Waals surface area contributed by atoms with Crippen LogP contribution < -0.4 is 10.2 Å². The lowest BCUT2D eigenvalue weighted by molar-refractivity contribution is 0.0974. The van der Waals surface area contributed by atoms with E-state index in [9.17, 15) is 4.79 Å². The molecule has 5 heteroatoms.